The van der Waals surface area contributed by atoms with Crippen LogP contribution in [-0.2, 0) is 20.9 Å². The van der Waals surface area contributed by atoms with Gasteiger partial charge in [-0.2, -0.15) is 0 Å². The molecule has 0 radical (unpaired) electrons. The van der Waals surface area contributed by atoms with Gasteiger partial charge in [-0.3, -0.25) is 4.79 Å². The van der Waals surface area contributed by atoms with E-state index in [9.17, 15) is 4.79 Å². The molecule has 0 aromatic heterocycles. The second-order valence-electron chi connectivity index (χ2n) is 5.07. The summed E-state index contributed by atoms with van der Waals surface area (Å²) in [4.78, 5) is 13.8. The van der Waals surface area contributed by atoms with E-state index in [2.05, 4.69) is 0 Å². The SMILES string of the molecule is COCCN1C(=O)CC(N)C1c1ccc(COC)cc1. The molecule has 0 saturated carbocycles. The van der Waals surface area contributed by atoms with E-state index in [4.69, 9.17) is 15.2 Å². The minimum atomic E-state index is -0.160. The van der Waals surface area contributed by atoms with E-state index in [0.29, 0.717) is 26.2 Å². The van der Waals surface area contributed by atoms with Crippen LogP contribution >= 0.6 is 0 Å². The number of nitrogens with zero attached hydrogens (tertiary/aromatic N) is 1. The summed E-state index contributed by atoms with van der Waals surface area (Å²) in [5.74, 6) is 0.0977. The van der Waals surface area contributed by atoms with E-state index < -0.39 is 0 Å². The van der Waals surface area contributed by atoms with Crippen molar-refractivity contribution in [2.45, 2.75) is 25.1 Å². The first-order valence-corrected chi connectivity index (χ1v) is 6.79. The summed E-state index contributed by atoms with van der Waals surface area (Å²) in [6, 6.07) is 7.86. The van der Waals surface area contributed by atoms with E-state index in [-0.39, 0.29) is 18.0 Å². The number of carbonyl (C=O) groups excluding carboxylic acids is 1. The van der Waals surface area contributed by atoms with Gasteiger partial charge < -0.3 is 20.1 Å². The highest BCUT2D eigenvalue weighted by Crippen LogP contribution is 2.31. The molecule has 1 aliphatic rings. The standard InChI is InChI=1S/C15H22N2O3/c1-19-8-7-17-14(18)9-13(16)15(17)12-5-3-11(4-6-12)10-20-2/h3-6,13,15H,7-10,16H2,1-2H3. The van der Waals surface area contributed by atoms with Crippen LogP contribution in [0, 0.1) is 0 Å². The van der Waals surface area contributed by atoms with Gasteiger partial charge in [0.15, 0.2) is 0 Å². The van der Waals surface area contributed by atoms with Gasteiger partial charge in [-0.05, 0) is 11.1 Å². The molecule has 1 aromatic rings. The van der Waals surface area contributed by atoms with Crippen LogP contribution in [0.25, 0.3) is 0 Å². The lowest BCUT2D eigenvalue weighted by molar-refractivity contribution is -0.129. The summed E-state index contributed by atoms with van der Waals surface area (Å²) in [7, 11) is 3.31. The molecule has 2 rings (SSSR count). The van der Waals surface area contributed by atoms with Gasteiger partial charge >= 0.3 is 0 Å². The first-order chi connectivity index (χ1) is 9.67. The predicted molar refractivity (Wildman–Crippen MR) is 76.1 cm³/mol. The number of benzene rings is 1. The summed E-state index contributed by atoms with van der Waals surface area (Å²) in [5.41, 5.74) is 8.31. The van der Waals surface area contributed by atoms with E-state index in [0.717, 1.165) is 11.1 Å². The zero-order chi connectivity index (χ0) is 14.5. The highest BCUT2D eigenvalue weighted by Gasteiger charge is 2.38. The minimum Gasteiger partial charge on any atom is -0.383 e. The van der Waals surface area contributed by atoms with Crippen molar-refractivity contribution in [1.29, 1.82) is 0 Å². The van der Waals surface area contributed by atoms with Crippen LogP contribution in [0.4, 0.5) is 0 Å². The Morgan fingerprint density at radius 3 is 2.55 bits per heavy atom. The maximum absolute atomic E-state index is 12.0. The second-order valence-corrected chi connectivity index (χ2v) is 5.07. The summed E-state index contributed by atoms with van der Waals surface area (Å²) >= 11 is 0. The fourth-order valence-electron chi connectivity index (χ4n) is 2.68. The summed E-state index contributed by atoms with van der Waals surface area (Å²) in [6.07, 6.45) is 0.397. The molecule has 1 aliphatic heterocycles. The molecule has 1 saturated heterocycles. The molecule has 5 nitrogen and oxygen atoms in total. The van der Waals surface area contributed by atoms with Crippen LogP contribution in [0.1, 0.15) is 23.6 Å². The number of amides is 1. The molecule has 5 heteroatoms. The molecule has 0 aliphatic carbocycles. The maximum atomic E-state index is 12.0. The molecular weight excluding hydrogens is 256 g/mol. The molecule has 1 aromatic carbocycles. The first-order valence-electron chi connectivity index (χ1n) is 6.79. The summed E-state index contributed by atoms with van der Waals surface area (Å²) in [5, 5.41) is 0. The Hall–Kier alpha value is -1.43. The summed E-state index contributed by atoms with van der Waals surface area (Å²) in [6.45, 7) is 1.69. The lowest BCUT2D eigenvalue weighted by atomic mass is 9.99. The molecule has 0 bridgehead atoms. The fraction of sp³-hybridized carbons (Fsp3) is 0.533. The van der Waals surface area contributed by atoms with Crippen molar-refractivity contribution in [3.8, 4) is 0 Å². The lowest BCUT2D eigenvalue weighted by Gasteiger charge is -2.27. The number of carbonyl (C=O) groups is 1. The smallest absolute Gasteiger partial charge is 0.224 e. The van der Waals surface area contributed by atoms with Crippen LogP contribution in [-0.4, -0.2) is 44.2 Å². The Bertz CT molecular complexity index is 447. The minimum absolute atomic E-state index is 0.0609. The zero-order valence-corrected chi connectivity index (χ0v) is 12.0. The Morgan fingerprint density at radius 2 is 1.95 bits per heavy atom. The third kappa shape index (κ3) is 3.17. The van der Waals surface area contributed by atoms with Gasteiger partial charge in [0.05, 0.1) is 19.3 Å². The van der Waals surface area contributed by atoms with Crippen LogP contribution in [0.5, 0.6) is 0 Å². The Labute approximate surface area is 119 Å². The van der Waals surface area contributed by atoms with Crippen molar-refractivity contribution >= 4 is 5.91 Å². The highest BCUT2D eigenvalue weighted by atomic mass is 16.5. The van der Waals surface area contributed by atoms with E-state index >= 15 is 0 Å². The highest BCUT2D eigenvalue weighted by molar-refractivity contribution is 5.80. The lowest BCUT2D eigenvalue weighted by Crippen LogP contribution is -2.35. The average Bonchev–Trinajstić information content (AvgIpc) is 2.72. The van der Waals surface area contributed by atoms with Gasteiger partial charge in [0.1, 0.15) is 0 Å². The molecule has 110 valence electrons. The number of hydrogen-bond acceptors (Lipinski definition) is 4. The van der Waals surface area contributed by atoms with Crippen LogP contribution < -0.4 is 5.73 Å². The van der Waals surface area contributed by atoms with E-state index in [1.54, 1.807) is 14.2 Å². The van der Waals surface area contributed by atoms with Crippen molar-refractivity contribution in [3.05, 3.63) is 35.4 Å². The molecule has 1 fully saturated rings. The molecule has 2 unspecified atom stereocenters. The monoisotopic (exact) mass is 278 g/mol. The normalized spacial score (nSPS) is 22.6. The van der Waals surface area contributed by atoms with Gasteiger partial charge in [0.2, 0.25) is 5.91 Å². The van der Waals surface area contributed by atoms with E-state index in [1.165, 1.54) is 0 Å². The summed E-state index contributed by atoms with van der Waals surface area (Å²) < 4.78 is 10.2. The van der Waals surface area contributed by atoms with Crippen LogP contribution in [0.15, 0.2) is 24.3 Å². The van der Waals surface area contributed by atoms with Crippen molar-refractivity contribution in [2.24, 2.45) is 5.73 Å². The Kier molecular flexibility index (Phi) is 5.11. The van der Waals surface area contributed by atoms with Crippen molar-refractivity contribution in [1.82, 2.24) is 4.90 Å². The Balaban J connectivity index is 2.16. The third-order valence-electron chi connectivity index (χ3n) is 3.64. The van der Waals surface area contributed by atoms with Crippen molar-refractivity contribution < 1.29 is 14.3 Å². The largest absolute Gasteiger partial charge is 0.383 e. The molecule has 0 spiro atoms. The molecule has 2 atom stereocenters. The van der Waals surface area contributed by atoms with Gasteiger partial charge in [-0.1, -0.05) is 24.3 Å². The molecule has 1 amide bonds. The van der Waals surface area contributed by atoms with Gasteiger partial charge in [0, 0.05) is 33.2 Å². The molecule has 2 N–H and O–H groups in total. The number of methoxy groups -OCH3 is 2. The topological polar surface area (TPSA) is 64.8 Å². The van der Waals surface area contributed by atoms with E-state index in [1.807, 2.05) is 29.2 Å². The number of ether oxygens (including phenoxy) is 2. The van der Waals surface area contributed by atoms with Crippen LogP contribution in [0.2, 0.25) is 0 Å². The predicted octanol–water partition coefficient (Wildman–Crippen LogP) is 1.08. The third-order valence-corrected chi connectivity index (χ3v) is 3.64. The Morgan fingerprint density at radius 1 is 1.25 bits per heavy atom. The quantitative estimate of drug-likeness (QED) is 0.845. The maximum Gasteiger partial charge on any atom is 0.224 e. The van der Waals surface area contributed by atoms with Crippen molar-refractivity contribution in [3.63, 3.8) is 0 Å². The number of rotatable bonds is 6. The number of likely N-dealkylation sites (tertiary alicyclic amines) is 1. The van der Waals surface area contributed by atoms with Crippen LogP contribution in [0.3, 0.4) is 0 Å². The van der Waals surface area contributed by atoms with Gasteiger partial charge in [-0.25, -0.2) is 0 Å². The molecule has 1 heterocycles. The fourth-order valence-corrected chi connectivity index (χ4v) is 2.68. The van der Waals surface area contributed by atoms with Gasteiger partial charge in [-0.15, -0.1) is 0 Å². The molecular formula is C15H22N2O3. The average molecular weight is 278 g/mol. The first kappa shape index (κ1) is 15.0. The van der Waals surface area contributed by atoms with Gasteiger partial charge in [0.25, 0.3) is 0 Å². The number of hydrogen-bond donors (Lipinski definition) is 1. The number of nitrogens with two attached hydrogens (primary N) is 1. The zero-order valence-electron chi connectivity index (χ0n) is 12.0. The molecule has 20 heavy (non-hydrogen) atoms. The van der Waals surface area contributed by atoms with Crippen molar-refractivity contribution in [2.75, 3.05) is 27.4 Å². The second kappa shape index (κ2) is 6.83.